The van der Waals surface area contributed by atoms with E-state index in [-0.39, 0.29) is 23.4 Å². The van der Waals surface area contributed by atoms with Gasteiger partial charge in [0, 0.05) is 17.2 Å². The first-order valence-electron chi connectivity index (χ1n) is 10.0. The zero-order chi connectivity index (χ0) is 23.7. The van der Waals surface area contributed by atoms with Crippen LogP contribution >= 0.6 is 22.9 Å². The number of thiazole rings is 1. The van der Waals surface area contributed by atoms with E-state index in [4.69, 9.17) is 16.3 Å². The first-order chi connectivity index (χ1) is 15.8. The van der Waals surface area contributed by atoms with Gasteiger partial charge in [0.1, 0.15) is 0 Å². The molecular weight excluding hydrogens is 466 g/mol. The van der Waals surface area contributed by atoms with Crippen molar-refractivity contribution in [2.75, 3.05) is 6.61 Å². The van der Waals surface area contributed by atoms with Gasteiger partial charge in [-0.15, -0.1) is 0 Å². The van der Waals surface area contributed by atoms with Crippen LogP contribution in [-0.4, -0.2) is 22.1 Å². The van der Waals surface area contributed by atoms with Crippen molar-refractivity contribution in [3.8, 4) is 0 Å². The molecule has 4 rings (SSSR count). The lowest BCUT2D eigenvalue weighted by Gasteiger charge is -2.24. The van der Waals surface area contributed by atoms with Gasteiger partial charge in [-0.3, -0.25) is 19.5 Å². The van der Waals surface area contributed by atoms with Crippen molar-refractivity contribution in [1.29, 1.82) is 0 Å². The van der Waals surface area contributed by atoms with Gasteiger partial charge >= 0.3 is 5.97 Å². The van der Waals surface area contributed by atoms with E-state index in [0.717, 1.165) is 0 Å². The number of non-ortho nitro benzene ring substituents is 1. The molecule has 1 aliphatic rings. The number of nitro benzene ring substituents is 1. The Morgan fingerprint density at radius 2 is 1.97 bits per heavy atom. The number of rotatable bonds is 5. The minimum atomic E-state index is -0.838. The summed E-state index contributed by atoms with van der Waals surface area (Å²) in [5.74, 6) is -0.595. The minimum Gasteiger partial charge on any atom is -0.463 e. The van der Waals surface area contributed by atoms with Crippen molar-refractivity contribution < 1.29 is 14.5 Å². The van der Waals surface area contributed by atoms with Crippen LogP contribution in [0.2, 0.25) is 5.02 Å². The third kappa shape index (κ3) is 4.24. The van der Waals surface area contributed by atoms with Gasteiger partial charge in [-0.05, 0) is 49.2 Å². The molecule has 2 heterocycles. The van der Waals surface area contributed by atoms with Gasteiger partial charge in [-0.25, -0.2) is 9.79 Å². The zero-order valence-corrected chi connectivity index (χ0v) is 19.2. The van der Waals surface area contributed by atoms with Crippen LogP contribution in [0, 0.1) is 10.1 Å². The molecule has 0 bridgehead atoms. The molecule has 0 spiro atoms. The fourth-order valence-corrected chi connectivity index (χ4v) is 4.85. The largest absolute Gasteiger partial charge is 0.463 e. The van der Waals surface area contributed by atoms with Crippen LogP contribution in [0.4, 0.5) is 5.69 Å². The molecule has 10 heteroatoms. The average molecular weight is 484 g/mol. The number of nitro groups is 1. The Labute approximate surface area is 196 Å². The van der Waals surface area contributed by atoms with E-state index in [1.54, 1.807) is 38.1 Å². The van der Waals surface area contributed by atoms with Crippen LogP contribution in [0.15, 0.2) is 69.6 Å². The van der Waals surface area contributed by atoms with Gasteiger partial charge in [0.2, 0.25) is 0 Å². The summed E-state index contributed by atoms with van der Waals surface area (Å²) in [6.45, 7) is 3.52. The quantitative estimate of drug-likeness (QED) is 0.314. The average Bonchev–Trinajstić information content (AvgIpc) is 3.09. The molecular formula is C23H18ClN3O5S. The third-order valence-electron chi connectivity index (χ3n) is 5.13. The number of ether oxygens (including phenoxy) is 1. The van der Waals surface area contributed by atoms with E-state index in [9.17, 15) is 19.7 Å². The Bertz CT molecular complexity index is 1470. The smallest absolute Gasteiger partial charge is 0.338 e. The number of halogens is 1. The van der Waals surface area contributed by atoms with Crippen LogP contribution in [0.3, 0.4) is 0 Å². The van der Waals surface area contributed by atoms with Crippen molar-refractivity contribution in [3.63, 3.8) is 0 Å². The van der Waals surface area contributed by atoms with Crippen molar-refractivity contribution in [3.05, 3.63) is 106 Å². The summed E-state index contributed by atoms with van der Waals surface area (Å²) >= 11 is 7.44. The van der Waals surface area contributed by atoms with Crippen LogP contribution in [-0.2, 0) is 9.53 Å². The summed E-state index contributed by atoms with van der Waals surface area (Å²) in [6.07, 6.45) is 1.68. The molecule has 168 valence electrons. The number of fused-ring (bicyclic) bond motifs is 1. The highest BCUT2D eigenvalue weighted by molar-refractivity contribution is 7.07. The molecule has 0 saturated carbocycles. The standard InChI is InChI=1S/C23H18ClN3O5S/c1-3-32-22(29)19-13(2)25-23-26(20(19)14-8-10-16(11-9-14)27(30)31)21(28)18(33-23)12-15-6-4-5-7-17(15)24/h4-12,20H,3H2,1-2H3. The summed E-state index contributed by atoms with van der Waals surface area (Å²) in [6, 6.07) is 12.0. The Hall–Kier alpha value is -3.56. The molecule has 0 fully saturated rings. The number of carbonyl (C=O) groups is 1. The molecule has 0 saturated heterocycles. The number of esters is 1. The Kier molecular flexibility index (Phi) is 6.26. The molecule has 0 aliphatic carbocycles. The first kappa shape index (κ1) is 22.6. The van der Waals surface area contributed by atoms with Gasteiger partial charge < -0.3 is 4.74 Å². The maximum atomic E-state index is 13.5. The van der Waals surface area contributed by atoms with Crippen LogP contribution < -0.4 is 14.9 Å². The summed E-state index contributed by atoms with van der Waals surface area (Å²) < 4.78 is 7.06. The van der Waals surface area contributed by atoms with Gasteiger partial charge in [0.25, 0.3) is 11.2 Å². The summed E-state index contributed by atoms with van der Waals surface area (Å²) in [7, 11) is 0. The highest BCUT2D eigenvalue weighted by Crippen LogP contribution is 2.31. The van der Waals surface area contributed by atoms with E-state index in [0.29, 0.717) is 31.2 Å². The molecule has 2 aromatic carbocycles. The zero-order valence-electron chi connectivity index (χ0n) is 17.6. The minimum absolute atomic E-state index is 0.0942. The lowest BCUT2D eigenvalue weighted by Crippen LogP contribution is -2.39. The number of allylic oxidation sites excluding steroid dienone is 1. The number of carbonyl (C=O) groups excluding carboxylic acids is 1. The van der Waals surface area contributed by atoms with Gasteiger partial charge in [-0.2, -0.15) is 0 Å². The van der Waals surface area contributed by atoms with E-state index >= 15 is 0 Å². The first-order valence-corrected chi connectivity index (χ1v) is 11.2. The highest BCUT2D eigenvalue weighted by atomic mass is 35.5. The molecule has 0 radical (unpaired) electrons. The molecule has 1 atom stereocenters. The topological polar surface area (TPSA) is 104 Å². The second kappa shape index (κ2) is 9.13. The van der Waals surface area contributed by atoms with Crippen molar-refractivity contribution in [1.82, 2.24) is 4.57 Å². The highest BCUT2D eigenvalue weighted by Gasteiger charge is 2.33. The number of benzene rings is 2. The maximum absolute atomic E-state index is 13.5. The lowest BCUT2D eigenvalue weighted by atomic mass is 9.95. The molecule has 0 amide bonds. The Balaban J connectivity index is 1.96. The number of aromatic nitrogens is 1. The number of hydrogen-bond acceptors (Lipinski definition) is 7. The predicted octanol–water partition coefficient (Wildman–Crippen LogP) is 3.36. The monoisotopic (exact) mass is 483 g/mol. The van der Waals surface area contributed by atoms with E-state index in [1.807, 2.05) is 6.07 Å². The maximum Gasteiger partial charge on any atom is 0.338 e. The van der Waals surface area contributed by atoms with E-state index in [1.165, 1.54) is 40.2 Å². The Morgan fingerprint density at radius 1 is 1.27 bits per heavy atom. The van der Waals surface area contributed by atoms with Crippen LogP contribution in [0.1, 0.15) is 31.0 Å². The number of nitrogens with zero attached hydrogens (tertiary/aromatic N) is 3. The SMILES string of the molecule is CCOC(=O)C1=C(C)N=c2sc(=Cc3ccccc3Cl)c(=O)n2C1c1ccc([N+](=O)[O-])cc1. The van der Waals surface area contributed by atoms with E-state index in [2.05, 4.69) is 4.99 Å². The predicted molar refractivity (Wildman–Crippen MR) is 125 cm³/mol. The van der Waals surface area contributed by atoms with E-state index < -0.39 is 16.9 Å². The second-order valence-electron chi connectivity index (χ2n) is 7.17. The molecule has 1 unspecified atom stereocenters. The van der Waals surface area contributed by atoms with Crippen molar-refractivity contribution >= 4 is 40.7 Å². The van der Waals surface area contributed by atoms with Crippen molar-refractivity contribution in [2.45, 2.75) is 19.9 Å². The van der Waals surface area contributed by atoms with Gasteiger partial charge in [-0.1, -0.05) is 41.1 Å². The molecule has 0 N–H and O–H groups in total. The number of hydrogen-bond donors (Lipinski definition) is 0. The third-order valence-corrected chi connectivity index (χ3v) is 6.46. The fraction of sp³-hybridized carbons (Fsp3) is 0.174. The van der Waals surface area contributed by atoms with Crippen LogP contribution in [0.5, 0.6) is 0 Å². The molecule has 3 aromatic rings. The summed E-state index contributed by atoms with van der Waals surface area (Å²) in [4.78, 5) is 41.8. The molecule has 1 aliphatic heterocycles. The molecule has 1 aromatic heterocycles. The summed E-state index contributed by atoms with van der Waals surface area (Å²) in [5.41, 5.74) is 1.39. The fourth-order valence-electron chi connectivity index (χ4n) is 3.62. The van der Waals surface area contributed by atoms with Gasteiger partial charge in [0.05, 0.1) is 33.4 Å². The normalized spacial score (nSPS) is 15.7. The molecule has 8 nitrogen and oxygen atoms in total. The van der Waals surface area contributed by atoms with Crippen LogP contribution in [0.25, 0.3) is 6.08 Å². The van der Waals surface area contributed by atoms with Gasteiger partial charge in [0.15, 0.2) is 4.80 Å². The Morgan fingerprint density at radius 3 is 2.61 bits per heavy atom. The van der Waals surface area contributed by atoms with Crippen molar-refractivity contribution in [2.24, 2.45) is 4.99 Å². The summed E-state index contributed by atoms with van der Waals surface area (Å²) in [5, 5.41) is 11.6. The lowest BCUT2D eigenvalue weighted by molar-refractivity contribution is -0.384. The second-order valence-corrected chi connectivity index (χ2v) is 8.59. The molecule has 33 heavy (non-hydrogen) atoms.